The maximum Gasteiger partial charge on any atom is 0.310 e. The van der Waals surface area contributed by atoms with E-state index in [4.69, 9.17) is 4.74 Å². The lowest BCUT2D eigenvalue weighted by molar-refractivity contribution is -0.155. The first-order chi connectivity index (χ1) is 18.9. The molecule has 0 saturated carbocycles. The molecular weight excluding hydrogens is 512 g/mol. The highest BCUT2D eigenvalue weighted by atomic mass is 32.2. The molecule has 3 heterocycles. The number of aliphatic hydroxyl groups is 1. The number of unbranched alkanes of at least 4 members (excludes halogenated alkanes) is 2. The van der Waals surface area contributed by atoms with Crippen LogP contribution in [0.25, 0.3) is 0 Å². The molecule has 0 aliphatic carbocycles. The average molecular weight is 555 g/mol. The number of hydrogen-bond acceptors (Lipinski definition) is 6. The zero-order valence-corrected chi connectivity index (χ0v) is 24.0. The van der Waals surface area contributed by atoms with Crippen molar-refractivity contribution in [2.75, 3.05) is 26.3 Å². The number of ether oxygens (including phenoxy) is 1. The van der Waals surface area contributed by atoms with Crippen LogP contribution in [0.15, 0.2) is 55.6 Å². The molecule has 0 aromatic heterocycles. The second-order valence-electron chi connectivity index (χ2n) is 10.9. The number of nitrogens with zero attached hydrogens (tertiary/aromatic N) is 2. The number of hydrogen-bond donors (Lipinski definition) is 1. The second kappa shape index (κ2) is 12.7. The Kier molecular flexibility index (Phi) is 9.60. The van der Waals surface area contributed by atoms with E-state index in [-0.39, 0.29) is 42.2 Å². The maximum atomic E-state index is 14.5. The van der Waals surface area contributed by atoms with Gasteiger partial charge >= 0.3 is 5.97 Å². The van der Waals surface area contributed by atoms with Gasteiger partial charge in [-0.25, -0.2) is 0 Å². The molecule has 39 heavy (non-hydrogen) atoms. The van der Waals surface area contributed by atoms with Crippen LogP contribution in [0.2, 0.25) is 0 Å². The number of likely N-dealkylation sites (tertiary alicyclic amines) is 1. The molecular formula is C31H42N2O5S. The van der Waals surface area contributed by atoms with Gasteiger partial charge in [0, 0.05) is 18.3 Å². The van der Waals surface area contributed by atoms with Gasteiger partial charge in [-0.1, -0.05) is 62.8 Å². The normalized spacial score (nSPS) is 29.7. The fraction of sp³-hybridized carbons (Fsp3) is 0.581. The third kappa shape index (κ3) is 5.18. The van der Waals surface area contributed by atoms with E-state index in [0.717, 1.165) is 31.2 Å². The first-order valence-electron chi connectivity index (χ1n) is 14.2. The molecule has 3 aliphatic heterocycles. The van der Waals surface area contributed by atoms with E-state index < -0.39 is 28.7 Å². The van der Waals surface area contributed by atoms with Crippen LogP contribution in [0.1, 0.15) is 57.6 Å². The SMILES string of the molecule is C=CCCCOC(=O)[C@@H]1[C@H]2C(=O)N([C@H](CO)c3ccccc3)C(C(=O)N(CC=C)CCCC)C23S[C@@H]1CC3C. The van der Waals surface area contributed by atoms with Gasteiger partial charge in [0.2, 0.25) is 11.8 Å². The van der Waals surface area contributed by atoms with Crippen molar-refractivity contribution in [1.82, 2.24) is 9.80 Å². The highest BCUT2D eigenvalue weighted by Crippen LogP contribution is 2.69. The number of carbonyl (C=O) groups is 3. The number of benzene rings is 1. The number of fused-ring (bicyclic) bond motifs is 1. The summed E-state index contributed by atoms with van der Waals surface area (Å²) in [5, 5.41) is 10.6. The molecule has 3 fully saturated rings. The van der Waals surface area contributed by atoms with Crippen LogP contribution in [0.4, 0.5) is 0 Å². The number of thioether (sulfide) groups is 1. The van der Waals surface area contributed by atoms with E-state index >= 15 is 0 Å². The van der Waals surface area contributed by atoms with Crippen LogP contribution in [-0.4, -0.2) is 75.0 Å². The van der Waals surface area contributed by atoms with Gasteiger partial charge in [-0.2, -0.15) is 0 Å². The number of aliphatic hydroxyl groups excluding tert-OH is 1. The van der Waals surface area contributed by atoms with Gasteiger partial charge in [0.05, 0.1) is 35.8 Å². The van der Waals surface area contributed by atoms with Gasteiger partial charge < -0.3 is 19.6 Å². The Morgan fingerprint density at radius 1 is 1.26 bits per heavy atom. The van der Waals surface area contributed by atoms with Crippen LogP contribution >= 0.6 is 11.8 Å². The Balaban J connectivity index is 1.78. The van der Waals surface area contributed by atoms with Crippen molar-refractivity contribution >= 4 is 29.5 Å². The van der Waals surface area contributed by atoms with Gasteiger partial charge in [-0.05, 0) is 37.2 Å². The van der Waals surface area contributed by atoms with E-state index in [2.05, 4.69) is 27.0 Å². The summed E-state index contributed by atoms with van der Waals surface area (Å²) >= 11 is 1.63. The summed E-state index contributed by atoms with van der Waals surface area (Å²) in [5.74, 6) is -1.97. The molecule has 1 N–H and O–H groups in total. The largest absolute Gasteiger partial charge is 0.465 e. The van der Waals surface area contributed by atoms with Gasteiger partial charge in [0.15, 0.2) is 0 Å². The summed E-state index contributed by atoms with van der Waals surface area (Å²) in [6.45, 7) is 12.7. The standard InChI is InChI=1S/C31H42N2O5S/c1-5-8-13-18-38-30(37)25-24-19-21(4)31(39-24)26(25)28(35)33(23(20-34)22-14-11-10-12-15-22)27(31)29(36)32(16-7-3)17-9-6-2/h5,7,10-12,14-15,21,23-27,34H,1,3,6,8-9,13,16-20H2,2,4H3/t21?,23-,24-,25+,26+,27?,31?/m1/s1. The van der Waals surface area contributed by atoms with Crippen molar-refractivity contribution < 1.29 is 24.2 Å². The van der Waals surface area contributed by atoms with Gasteiger partial charge in [-0.3, -0.25) is 14.4 Å². The molecule has 7 nitrogen and oxygen atoms in total. The quantitative estimate of drug-likeness (QED) is 0.209. The summed E-state index contributed by atoms with van der Waals surface area (Å²) in [5.41, 5.74) is 0.766. The Labute approximate surface area is 236 Å². The first kappa shape index (κ1) is 29.4. The summed E-state index contributed by atoms with van der Waals surface area (Å²) in [6.07, 6.45) is 7.44. The molecule has 1 spiro atoms. The van der Waals surface area contributed by atoms with Crippen molar-refractivity contribution in [2.45, 2.75) is 68.0 Å². The average Bonchev–Trinajstić information content (AvgIpc) is 3.53. The van der Waals surface area contributed by atoms with Crippen molar-refractivity contribution in [2.24, 2.45) is 17.8 Å². The summed E-state index contributed by atoms with van der Waals surface area (Å²) in [7, 11) is 0. The minimum atomic E-state index is -0.798. The predicted molar refractivity (Wildman–Crippen MR) is 154 cm³/mol. The molecule has 1 aromatic carbocycles. The van der Waals surface area contributed by atoms with Crippen LogP contribution in [0.3, 0.4) is 0 Å². The molecule has 7 atom stereocenters. The van der Waals surface area contributed by atoms with Crippen LogP contribution in [0.5, 0.6) is 0 Å². The fourth-order valence-electron chi connectivity index (χ4n) is 6.84. The zero-order chi connectivity index (χ0) is 28.2. The molecule has 4 rings (SSSR count). The van der Waals surface area contributed by atoms with E-state index in [9.17, 15) is 19.5 Å². The Morgan fingerprint density at radius 2 is 2.00 bits per heavy atom. The first-order valence-corrected chi connectivity index (χ1v) is 15.1. The smallest absolute Gasteiger partial charge is 0.310 e. The van der Waals surface area contributed by atoms with E-state index in [0.29, 0.717) is 19.5 Å². The van der Waals surface area contributed by atoms with Crippen molar-refractivity contribution in [3.05, 3.63) is 61.2 Å². The van der Waals surface area contributed by atoms with Crippen LogP contribution in [-0.2, 0) is 19.1 Å². The summed E-state index contributed by atoms with van der Waals surface area (Å²) in [6, 6.07) is 7.87. The highest BCUT2D eigenvalue weighted by molar-refractivity contribution is 8.02. The van der Waals surface area contributed by atoms with Gasteiger partial charge in [0.25, 0.3) is 0 Å². The number of allylic oxidation sites excluding steroid dienone is 1. The molecule has 0 radical (unpaired) electrons. The van der Waals surface area contributed by atoms with Crippen LogP contribution in [0, 0.1) is 17.8 Å². The summed E-state index contributed by atoms with van der Waals surface area (Å²) in [4.78, 5) is 45.9. The molecule has 2 amide bonds. The third-order valence-electron chi connectivity index (χ3n) is 8.62. The lowest BCUT2D eigenvalue weighted by atomic mass is 9.66. The van der Waals surface area contributed by atoms with Crippen molar-refractivity contribution in [3.63, 3.8) is 0 Å². The molecule has 3 saturated heterocycles. The van der Waals surface area contributed by atoms with Crippen LogP contribution < -0.4 is 0 Å². The lowest BCUT2D eigenvalue weighted by Crippen LogP contribution is -2.58. The molecule has 3 aliphatic rings. The monoisotopic (exact) mass is 554 g/mol. The Hall–Kier alpha value is -2.58. The zero-order valence-electron chi connectivity index (χ0n) is 23.2. The second-order valence-corrected chi connectivity index (χ2v) is 12.5. The van der Waals surface area contributed by atoms with Crippen molar-refractivity contribution in [1.29, 1.82) is 0 Å². The number of rotatable bonds is 14. The minimum Gasteiger partial charge on any atom is -0.465 e. The fourth-order valence-corrected chi connectivity index (χ4v) is 9.23. The van der Waals surface area contributed by atoms with E-state index in [1.165, 1.54) is 0 Å². The van der Waals surface area contributed by atoms with Gasteiger partial charge in [0.1, 0.15) is 6.04 Å². The molecule has 8 heteroatoms. The topological polar surface area (TPSA) is 87.1 Å². The lowest BCUT2D eigenvalue weighted by Gasteiger charge is -2.42. The van der Waals surface area contributed by atoms with Crippen molar-refractivity contribution in [3.8, 4) is 0 Å². The van der Waals surface area contributed by atoms with Gasteiger partial charge in [-0.15, -0.1) is 24.9 Å². The van der Waals surface area contributed by atoms with E-state index in [1.807, 2.05) is 30.3 Å². The molecule has 212 valence electrons. The molecule has 2 bridgehead atoms. The summed E-state index contributed by atoms with van der Waals surface area (Å²) < 4.78 is 4.92. The van der Waals surface area contributed by atoms with E-state index in [1.54, 1.807) is 33.7 Å². The maximum absolute atomic E-state index is 14.5. The molecule has 1 aromatic rings. The number of carbonyl (C=O) groups excluding carboxylic acids is 3. The third-order valence-corrected chi connectivity index (χ3v) is 10.7. The number of esters is 1. The number of amides is 2. The Bertz CT molecular complexity index is 1060. The Morgan fingerprint density at radius 3 is 2.64 bits per heavy atom. The predicted octanol–water partition coefficient (Wildman–Crippen LogP) is 4.38. The highest BCUT2D eigenvalue weighted by Gasteiger charge is 2.77. The molecule has 3 unspecified atom stereocenters. The minimum absolute atomic E-state index is 0.0390.